The Bertz CT molecular complexity index is 1180. The maximum atomic E-state index is 13.3. The third kappa shape index (κ3) is 4.11. The van der Waals surface area contributed by atoms with Crippen molar-refractivity contribution in [1.29, 1.82) is 0 Å². The molecule has 3 aliphatic rings. The number of rotatable bonds is 6. The number of aryl methyl sites for hydroxylation is 1. The van der Waals surface area contributed by atoms with Crippen molar-refractivity contribution in [2.75, 3.05) is 26.3 Å². The Morgan fingerprint density at radius 3 is 2.26 bits per heavy atom. The van der Waals surface area contributed by atoms with Crippen molar-refractivity contribution in [3.05, 3.63) is 52.6 Å². The summed E-state index contributed by atoms with van der Waals surface area (Å²) in [7, 11) is -3.79. The van der Waals surface area contributed by atoms with Gasteiger partial charge in [-0.05, 0) is 68.9 Å². The van der Waals surface area contributed by atoms with Crippen molar-refractivity contribution in [2.24, 2.45) is 11.3 Å². The second-order valence-electron chi connectivity index (χ2n) is 9.03. The predicted octanol–water partition coefficient (Wildman–Crippen LogP) is 2.72. The van der Waals surface area contributed by atoms with Crippen LogP contribution in [0.3, 0.4) is 0 Å². The first-order chi connectivity index (χ1) is 16.1. The summed E-state index contributed by atoms with van der Waals surface area (Å²) in [5.41, 5.74) is 1.56. The van der Waals surface area contributed by atoms with Gasteiger partial charge in [0.05, 0.1) is 18.1 Å². The molecule has 2 fully saturated rings. The number of hydrogen-bond acceptors (Lipinski definition) is 7. The molecular formula is C25H29NO7S. The number of hydrogen-bond donors (Lipinski definition) is 0. The summed E-state index contributed by atoms with van der Waals surface area (Å²) < 4.78 is 38.4. The van der Waals surface area contributed by atoms with E-state index in [-0.39, 0.29) is 62.2 Å². The third-order valence-electron chi connectivity index (χ3n) is 6.81. The molecule has 9 heteroatoms. The van der Waals surface area contributed by atoms with Crippen molar-refractivity contribution >= 4 is 27.7 Å². The van der Waals surface area contributed by atoms with Crippen LogP contribution < -0.4 is 0 Å². The fourth-order valence-electron chi connectivity index (χ4n) is 5.15. The molecule has 0 N–H and O–H groups in total. The summed E-state index contributed by atoms with van der Waals surface area (Å²) in [6, 6.07) is 6.62. The zero-order chi connectivity index (χ0) is 24.7. The first kappa shape index (κ1) is 24.3. The van der Waals surface area contributed by atoms with E-state index in [2.05, 4.69) is 0 Å². The van der Waals surface area contributed by atoms with Crippen molar-refractivity contribution < 1.29 is 32.3 Å². The fraction of sp³-hybridized carbons (Fsp3) is 0.480. The number of benzene rings is 1. The number of fused-ring (bicyclic) bond motifs is 2. The minimum absolute atomic E-state index is 0.0632. The lowest BCUT2D eigenvalue weighted by Gasteiger charge is -2.24. The zero-order valence-electron chi connectivity index (χ0n) is 19.6. The molecule has 0 bridgehead atoms. The van der Waals surface area contributed by atoms with Gasteiger partial charge in [0.2, 0.25) is 10.0 Å². The average Bonchev–Trinajstić information content (AvgIpc) is 3.34. The van der Waals surface area contributed by atoms with Crippen LogP contribution in [0.15, 0.2) is 52.0 Å². The van der Waals surface area contributed by atoms with Gasteiger partial charge in [0, 0.05) is 19.5 Å². The van der Waals surface area contributed by atoms with E-state index in [1.807, 2.05) is 6.92 Å². The molecule has 1 aromatic rings. The second-order valence-corrected chi connectivity index (χ2v) is 11.0. The van der Waals surface area contributed by atoms with E-state index < -0.39 is 27.4 Å². The van der Waals surface area contributed by atoms with E-state index in [0.717, 1.165) is 16.7 Å². The van der Waals surface area contributed by atoms with Gasteiger partial charge in [0.25, 0.3) is 0 Å². The number of allylic oxidation sites excluding steroid dienone is 2. The highest BCUT2D eigenvalue weighted by Gasteiger charge is 2.57. The van der Waals surface area contributed by atoms with Crippen LogP contribution in [0.2, 0.25) is 0 Å². The molecule has 1 aromatic carbocycles. The summed E-state index contributed by atoms with van der Waals surface area (Å²) in [5, 5.41) is 0. The highest BCUT2D eigenvalue weighted by atomic mass is 32.2. The number of ketones is 1. The smallest absolute Gasteiger partial charge is 0.323 e. The lowest BCUT2D eigenvalue weighted by Crippen LogP contribution is -2.40. The molecule has 34 heavy (non-hydrogen) atoms. The number of esters is 2. The molecule has 1 aliphatic heterocycles. The van der Waals surface area contributed by atoms with Crippen molar-refractivity contribution in [1.82, 2.24) is 4.31 Å². The van der Waals surface area contributed by atoms with E-state index in [4.69, 9.17) is 9.47 Å². The van der Waals surface area contributed by atoms with Gasteiger partial charge in [-0.3, -0.25) is 14.4 Å². The van der Waals surface area contributed by atoms with Crippen LogP contribution in [0.25, 0.3) is 0 Å². The summed E-state index contributed by atoms with van der Waals surface area (Å²) in [5.74, 6) is -1.82. The van der Waals surface area contributed by atoms with Gasteiger partial charge in [-0.2, -0.15) is 4.31 Å². The maximum Gasteiger partial charge on any atom is 0.323 e. The molecule has 2 aliphatic carbocycles. The normalized spacial score (nSPS) is 22.0. The maximum absolute atomic E-state index is 13.3. The minimum Gasteiger partial charge on any atom is -0.465 e. The SMILES string of the molecule is CCOC(=O)C1(C(=O)OCC)CC2=C3CN(S(=O)(=O)c4ccc(C)cc4)CC3=CC(=O)CC2C1. The monoisotopic (exact) mass is 487 g/mol. The van der Waals surface area contributed by atoms with Crippen LogP contribution >= 0.6 is 0 Å². The number of carbonyl (C=O) groups excluding carboxylic acids is 3. The highest BCUT2D eigenvalue weighted by Crippen LogP contribution is 2.52. The van der Waals surface area contributed by atoms with Crippen LogP contribution in [-0.2, 0) is 33.9 Å². The third-order valence-corrected chi connectivity index (χ3v) is 8.62. The van der Waals surface area contributed by atoms with Gasteiger partial charge in [-0.25, -0.2) is 8.42 Å². The van der Waals surface area contributed by atoms with E-state index in [0.29, 0.717) is 5.57 Å². The number of ether oxygens (including phenoxy) is 2. The summed E-state index contributed by atoms with van der Waals surface area (Å²) in [4.78, 5) is 38.9. The Kier molecular flexibility index (Phi) is 6.52. The van der Waals surface area contributed by atoms with Gasteiger partial charge in [-0.15, -0.1) is 0 Å². The Morgan fingerprint density at radius 2 is 1.68 bits per heavy atom. The van der Waals surface area contributed by atoms with Gasteiger partial charge in [0.15, 0.2) is 11.2 Å². The lowest BCUT2D eigenvalue weighted by atomic mass is 9.84. The largest absolute Gasteiger partial charge is 0.465 e. The fourth-order valence-corrected chi connectivity index (χ4v) is 6.54. The zero-order valence-corrected chi connectivity index (χ0v) is 20.4. The van der Waals surface area contributed by atoms with Gasteiger partial charge in [0.1, 0.15) is 0 Å². The van der Waals surface area contributed by atoms with E-state index in [9.17, 15) is 22.8 Å². The Morgan fingerprint density at radius 1 is 1.06 bits per heavy atom. The number of nitrogens with zero attached hydrogens (tertiary/aromatic N) is 1. The molecule has 1 heterocycles. The Hall–Kier alpha value is -2.78. The second kappa shape index (κ2) is 9.11. The van der Waals surface area contributed by atoms with Crippen molar-refractivity contribution in [3.63, 3.8) is 0 Å². The molecular weight excluding hydrogens is 458 g/mol. The van der Waals surface area contributed by atoms with Crippen LogP contribution in [0.5, 0.6) is 0 Å². The lowest BCUT2D eigenvalue weighted by molar-refractivity contribution is -0.171. The molecule has 1 atom stereocenters. The quantitative estimate of drug-likeness (QED) is 0.449. The minimum atomic E-state index is -3.79. The van der Waals surface area contributed by atoms with Gasteiger partial charge < -0.3 is 9.47 Å². The molecule has 1 unspecified atom stereocenters. The molecule has 1 saturated heterocycles. The average molecular weight is 488 g/mol. The predicted molar refractivity (Wildman–Crippen MR) is 123 cm³/mol. The number of sulfonamides is 1. The molecule has 0 radical (unpaired) electrons. The van der Waals surface area contributed by atoms with Crippen LogP contribution in [-0.4, -0.2) is 56.7 Å². The molecule has 182 valence electrons. The molecule has 4 rings (SSSR count). The number of carbonyl (C=O) groups is 3. The van der Waals surface area contributed by atoms with Crippen LogP contribution in [0, 0.1) is 18.3 Å². The van der Waals surface area contributed by atoms with Gasteiger partial charge >= 0.3 is 11.9 Å². The Balaban J connectivity index is 1.74. The summed E-state index contributed by atoms with van der Waals surface area (Å²) >= 11 is 0. The van der Waals surface area contributed by atoms with Gasteiger partial charge in [-0.1, -0.05) is 23.3 Å². The molecule has 1 saturated carbocycles. The molecule has 0 spiro atoms. The van der Waals surface area contributed by atoms with Crippen molar-refractivity contribution in [2.45, 2.75) is 44.9 Å². The highest BCUT2D eigenvalue weighted by molar-refractivity contribution is 7.89. The van der Waals surface area contributed by atoms with Crippen LogP contribution in [0.4, 0.5) is 0 Å². The van der Waals surface area contributed by atoms with E-state index >= 15 is 0 Å². The standard InChI is InChI=1S/C25H29NO7S/c1-4-32-23(28)25(24(29)33-5-2)12-17-10-19(27)11-18-14-26(15-22(18)21(17)13-25)34(30,31)20-8-6-16(3)7-9-20/h6-9,11,17H,4-5,10,12-15H2,1-3H3. The Labute approximate surface area is 199 Å². The molecule has 0 aromatic heterocycles. The van der Waals surface area contributed by atoms with E-state index in [1.165, 1.54) is 10.4 Å². The summed E-state index contributed by atoms with van der Waals surface area (Å²) in [6.45, 7) is 5.60. The first-order valence-electron chi connectivity index (χ1n) is 11.5. The molecule has 0 amide bonds. The van der Waals surface area contributed by atoms with Crippen LogP contribution in [0.1, 0.15) is 38.7 Å². The van der Waals surface area contributed by atoms with Crippen molar-refractivity contribution in [3.8, 4) is 0 Å². The molecule has 8 nitrogen and oxygen atoms in total. The summed E-state index contributed by atoms with van der Waals surface area (Å²) in [6.07, 6.45) is 1.85. The topological polar surface area (TPSA) is 107 Å². The first-order valence-corrected chi connectivity index (χ1v) is 12.9. The van der Waals surface area contributed by atoms with E-state index in [1.54, 1.807) is 38.1 Å².